The first kappa shape index (κ1) is 14.3. The van der Waals surface area contributed by atoms with Crippen molar-refractivity contribution in [2.24, 2.45) is 0 Å². The Labute approximate surface area is 115 Å². The second-order valence-corrected chi connectivity index (χ2v) is 7.66. The summed E-state index contributed by atoms with van der Waals surface area (Å²) in [5.41, 5.74) is 2.01. The third-order valence-corrected chi connectivity index (χ3v) is 4.95. The van der Waals surface area contributed by atoms with Crippen LogP contribution in [-0.4, -0.2) is 64.2 Å². The molecule has 0 unspecified atom stereocenters. The summed E-state index contributed by atoms with van der Waals surface area (Å²) >= 11 is 0. The second-order valence-electron chi connectivity index (χ2n) is 4.84. The van der Waals surface area contributed by atoms with Gasteiger partial charge in [-0.25, -0.2) is 9.35 Å². The van der Waals surface area contributed by atoms with Crippen molar-refractivity contribution in [2.75, 3.05) is 35.2 Å². The van der Waals surface area contributed by atoms with Gasteiger partial charge in [-0.1, -0.05) is 17.3 Å². The van der Waals surface area contributed by atoms with Crippen molar-refractivity contribution in [3.63, 3.8) is 0 Å². The topological polar surface area (TPSA) is 40.4 Å². The van der Waals surface area contributed by atoms with Gasteiger partial charge < -0.3 is 0 Å². The Hall–Kier alpha value is -1.07. The zero-order valence-electron chi connectivity index (χ0n) is 12.1. The summed E-state index contributed by atoms with van der Waals surface area (Å²) in [6.07, 6.45) is 0. The van der Waals surface area contributed by atoms with Crippen LogP contribution in [0, 0.1) is 0 Å². The quantitative estimate of drug-likeness (QED) is 0.779. The van der Waals surface area contributed by atoms with Gasteiger partial charge in [0.25, 0.3) is 0 Å². The second kappa shape index (κ2) is 5.92. The van der Waals surface area contributed by atoms with Gasteiger partial charge >= 0.3 is 0 Å². The van der Waals surface area contributed by atoms with Gasteiger partial charge in [-0.3, -0.25) is 9.34 Å². The van der Waals surface area contributed by atoms with Crippen LogP contribution in [-0.2, 0) is 6.67 Å². The summed E-state index contributed by atoms with van der Waals surface area (Å²) in [6.45, 7) is 0.725. The number of fused-ring (bicyclic) bond motifs is 1. The van der Waals surface area contributed by atoms with Gasteiger partial charge in [0.1, 0.15) is 20.6 Å². The zero-order chi connectivity index (χ0) is 14.0. The number of benzene rings is 1. The summed E-state index contributed by atoms with van der Waals surface area (Å²) in [5.74, 6) is 0. The molecule has 0 aliphatic carbocycles. The van der Waals surface area contributed by atoms with Gasteiger partial charge in [0, 0.05) is 0 Å². The van der Waals surface area contributed by atoms with Crippen LogP contribution in [0.4, 0.5) is 0 Å². The van der Waals surface area contributed by atoms with E-state index in [-0.39, 0.29) is 0 Å². The number of hydrogen-bond donors (Lipinski definition) is 0. The summed E-state index contributed by atoms with van der Waals surface area (Å²) in [4.78, 5) is 0. The molecule has 0 radical (unpaired) electrons. The van der Waals surface area contributed by atoms with Crippen molar-refractivity contribution < 1.29 is 0 Å². The first-order valence-corrected chi connectivity index (χ1v) is 7.34. The molecule has 6 nitrogen and oxygen atoms in total. The number of rotatable bonds is 5. The van der Waals surface area contributed by atoms with Crippen LogP contribution >= 0.6 is 8.37 Å². The van der Waals surface area contributed by atoms with Crippen molar-refractivity contribution in [1.82, 2.24) is 29.0 Å². The van der Waals surface area contributed by atoms with E-state index in [4.69, 9.17) is 0 Å². The van der Waals surface area contributed by atoms with E-state index in [0.717, 1.165) is 17.7 Å². The third kappa shape index (κ3) is 3.09. The minimum Gasteiger partial charge on any atom is -0.263 e. The normalized spacial score (nSPS) is 12.5. The molecule has 1 aromatic heterocycles. The van der Waals surface area contributed by atoms with Crippen LogP contribution in [0.15, 0.2) is 24.3 Å². The minimum absolute atomic E-state index is 0.489. The lowest BCUT2D eigenvalue weighted by Crippen LogP contribution is -2.30. The van der Waals surface area contributed by atoms with Gasteiger partial charge in [0.2, 0.25) is 0 Å². The molecule has 1 heterocycles. The highest BCUT2D eigenvalue weighted by molar-refractivity contribution is 7.49. The molecule has 0 aliphatic heterocycles. The molecule has 0 fully saturated rings. The van der Waals surface area contributed by atoms with Crippen LogP contribution in [0.5, 0.6) is 0 Å². The Morgan fingerprint density at radius 2 is 1.68 bits per heavy atom. The molecule has 0 N–H and O–H groups in total. The number of aromatic nitrogens is 3. The molecule has 0 saturated carbocycles. The maximum Gasteiger partial charge on any atom is 0.120 e. The van der Waals surface area contributed by atoms with Gasteiger partial charge in [0.15, 0.2) is 0 Å². The molecule has 0 aliphatic rings. The van der Waals surface area contributed by atoms with E-state index in [0.29, 0.717) is 0 Å². The molecule has 7 heteroatoms. The van der Waals surface area contributed by atoms with Gasteiger partial charge in [0.05, 0.1) is 5.52 Å². The minimum atomic E-state index is -0.489. The van der Waals surface area contributed by atoms with Crippen LogP contribution in [0.1, 0.15) is 0 Å². The summed E-state index contributed by atoms with van der Waals surface area (Å²) in [5, 5.41) is 8.42. The maximum absolute atomic E-state index is 4.23. The lowest BCUT2D eigenvalue weighted by Gasteiger charge is -2.36. The largest absolute Gasteiger partial charge is 0.263 e. The first-order chi connectivity index (χ1) is 9.00. The Kier molecular flexibility index (Phi) is 4.47. The Morgan fingerprint density at radius 3 is 2.32 bits per heavy atom. The van der Waals surface area contributed by atoms with Gasteiger partial charge in [-0.05, 0) is 47.4 Å². The average Bonchev–Trinajstić information content (AvgIpc) is 2.72. The average molecular weight is 280 g/mol. The molecule has 104 valence electrons. The Morgan fingerprint density at radius 1 is 1.05 bits per heavy atom. The lowest BCUT2D eigenvalue weighted by atomic mass is 10.3. The van der Waals surface area contributed by atoms with Gasteiger partial charge in [-0.15, -0.1) is 5.10 Å². The smallest absolute Gasteiger partial charge is 0.120 e. The third-order valence-electron chi connectivity index (χ3n) is 2.78. The van der Waals surface area contributed by atoms with Crippen molar-refractivity contribution in [1.29, 1.82) is 0 Å². The van der Waals surface area contributed by atoms with Crippen LogP contribution < -0.4 is 0 Å². The molecule has 19 heavy (non-hydrogen) atoms. The highest BCUT2D eigenvalue weighted by Gasteiger charge is 2.21. The van der Waals surface area contributed by atoms with E-state index < -0.39 is 8.37 Å². The molecule has 0 bridgehead atoms. The van der Waals surface area contributed by atoms with E-state index in [9.17, 15) is 0 Å². The Bertz CT molecular complexity index is 530. The fourth-order valence-electron chi connectivity index (χ4n) is 2.24. The molecule has 2 aromatic rings. The highest BCUT2D eigenvalue weighted by Crippen LogP contribution is 2.42. The van der Waals surface area contributed by atoms with Crippen molar-refractivity contribution >= 4 is 19.4 Å². The van der Waals surface area contributed by atoms with Crippen molar-refractivity contribution in [2.45, 2.75) is 6.67 Å². The summed E-state index contributed by atoms with van der Waals surface area (Å²) < 4.78 is 8.69. The predicted molar refractivity (Wildman–Crippen MR) is 79.6 cm³/mol. The zero-order valence-corrected chi connectivity index (χ0v) is 13.0. The monoisotopic (exact) mass is 280 g/mol. The molecule has 0 atom stereocenters. The highest BCUT2D eigenvalue weighted by atomic mass is 31.2. The van der Waals surface area contributed by atoms with Crippen LogP contribution in [0.2, 0.25) is 0 Å². The fourth-order valence-corrected chi connectivity index (χ4v) is 4.41. The lowest BCUT2D eigenvalue weighted by molar-refractivity contribution is 0.362. The van der Waals surface area contributed by atoms with E-state index in [1.54, 1.807) is 0 Å². The molecule has 0 amide bonds. The molecular weight excluding hydrogens is 259 g/mol. The standard InChI is InChI=1S/C12H21N6P/c1-15(2)19(16(3)4)17(5)10-18-12-9-7-6-8-11(12)13-14-18/h6-9H,10H2,1-5H3. The first-order valence-electron chi connectivity index (χ1n) is 6.14. The molecule has 2 rings (SSSR count). The van der Waals surface area contributed by atoms with Crippen LogP contribution in [0.25, 0.3) is 11.0 Å². The fraction of sp³-hybridized carbons (Fsp3) is 0.500. The van der Waals surface area contributed by atoms with Crippen LogP contribution in [0.3, 0.4) is 0 Å². The van der Waals surface area contributed by atoms with E-state index in [1.165, 1.54) is 0 Å². The Balaban J connectivity index is 2.20. The van der Waals surface area contributed by atoms with E-state index >= 15 is 0 Å². The molecule has 0 saturated heterocycles. The SMILES string of the molecule is CN(C)P(N(C)C)N(C)Cn1nnc2ccccc21. The van der Waals surface area contributed by atoms with E-state index in [2.05, 4.69) is 65.6 Å². The van der Waals surface area contributed by atoms with E-state index in [1.807, 2.05) is 22.9 Å². The van der Waals surface area contributed by atoms with Crippen molar-refractivity contribution in [3.05, 3.63) is 24.3 Å². The number of hydrogen-bond acceptors (Lipinski definition) is 5. The molecule has 0 spiro atoms. The predicted octanol–water partition coefficient (Wildman–Crippen LogP) is 1.67. The number of nitrogens with zero attached hydrogens (tertiary/aromatic N) is 6. The van der Waals surface area contributed by atoms with Gasteiger partial charge in [-0.2, -0.15) is 0 Å². The maximum atomic E-state index is 4.23. The summed E-state index contributed by atoms with van der Waals surface area (Å²) in [6, 6.07) is 8.04. The van der Waals surface area contributed by atoms with Crippen molar-refractivity contribution in [3.8, 4) is 0 Å². The summed E-state index contributed by atoms with van der Waals surface area (Å²) in [7, 11) is 10.0. The molecule has 1 aromatic carbocycles. The number of para-hydroxylation sites is 1. The molecular formula is C12H21N6P.